The lowest BCUT2D eigenvalue weighted by atomic mass is 9.91. The Balaban J connectivity index is 2.55. The zero-order valence-corrected chi connectivity index (χ0v) is 11.8. The van der Waals surface area contributed by atoms with Crippen molar-refractivity contribution in [1.82, 2.24) is 0 Å². The van der Waals surface area contributed by atoms with E-state index in [0.29, 0.717) is 5.76 Å². The Labute approximate surface area is 108 Å². The minimum Gasteiger partial charge on any atom is -0.486 e. The monoisotopic (exact) mass is 266 g/mol. The van der Waals surface area contributed by atoms with Crippen molar-refractivity contribution in [2.75, 3.05) is 5.75 Å². The van der Waals surface area contributed by atoms with Gasteiger partial charge in [-0.2, -0.15) is 0 Å². The molecule has 0 aromatic heterocycles. The van der Waals surface area contributed by atoms with Crippen molar-refractivity contribution in [2.45, 2.75) is 32.8 Å². The van der Waals surface area contributed by atoms with E-state index in [9.17, 15) is 8.42 Å². The van der Waals surface area contributed by atoms with Crippen LogP contribution in [0.3, 0.4) is 0 Å². The molecule has 1 aliphatic rings. The van der Waals surface area contributed by atoms with Gasteiger partial charge in [-0.3, -0.25) is 0 Å². The molecule has 18 heavy (non-hydrogen) atoms. The van der Waals surface area contributed by atoms with Gasteiger partial charge in [0.25, 0.3) is 0 Å². The van der Waals surface area contributed by atoms with Crippen LogP contribution in [-0.2, 0) is 21.0 Å². The quantitative estimate of drug-likeness (QED) is 0.826. The third kappa shape index (κ3) is 2.75. The largest absolute Gasteiger partial charge is 0.486 e. The van der Waals surface area contributed by atoms with E-state index in [1.807, 2.05) is 38.1 Å². The minimum atomic E-state index is -3.20. The highest BCUT2D eigenvalue weighted by Gasteiger charge is 2.30. The topological polar surface area (TPSA) is 43.4 Å². The highest BCUT2D eigenvalue weighted by atomic mass is 32.2. The second-order valence-electron chi connectivity index (χ2n) is 5.13. The third-order valence-electron chi connectivity index (χ3n) is 2.97. The molecule has 0 aliphatic carbocycles. The highest BCUT2D eigenvalue weighted by Crippen LogP contribution is 2.35. The van der Waals surface area contributed by atoms with Gasteiger partial charge in [0, 0.05) is 12.0 Å². The van der Waals surface area contributed by atoms with Crippen LogP contribution in [0, 0.1) is 0 Å². The average molecular weight is 266 g/mol. The fraction of sp³-hybridized carbons (Fsp3) is 0.429. The lowest BCUT2D eigenvalue weighted by molar-refractivity contribution is 0.0695. The lowest BCUT2D eigenvalue weighted by Gasteiger charge is -2.34. The molecular weight excluding hydrogens is 248 g/mol. The number of ether oxygens (including phenoxy) is 1. The van der Waals surface area contributed by atoms with Gasteiger partial charge in [-0.25, -0.2) is 8.42 Å². The number of benzene rings is 1. The molecule has 0 fully saturated rings. The summed E-state index contributed by atoms with van der Waals surface area (Å²) in [6.45, 7) is 5.57. The number of fused-ring (bicyclic) bond motifs is 1. The van der Waals surface area contributed by atoms with E-state index < -0.39 is 9.84 Å². The number of sulfone groups is 1. The Morgan fingerprint density at radius 3 is 2.67 bits per heavy atom. The number of rotatable bonds is 2. The maximum absolute atomic E-state index is 11.7. The van der Waals surface area contributed by atoms with Crippen LogP contribution < -0.4 is 0 Å². The lowest BCUT2D eigenvalue weighted by Crippen LogP contribution is -2.31. The van der Waals surface area contributed by atoms with Crippen molar-refractivity contribution in [2.24, 2.45) is 0 Å². The summed E-state index contributed by atoms with van der Waals surface area (Å²) in [7, 11) is -3.20. The zero-order chi connectivity index (χ0) is 13.4. The first-order valence-corrected chi connectivity index (χ1v) is 7.76. The molecule has 1 aromatic carbocycles. The standard InChI is InChI=1S/C14H18O3S/c1-4-18(15,16)10-13-12-8-6-5-7-11(12)9-14(2,3)17-13/h5-8,10H,4,9H2,1-3H3/b13-10-. The second-order valence-corrected chi connectivity index (χ2v) is 7.27. The summed E-state index contributed by atoms with van der Waals surface area (Å²) in [6, 6.07) is 7.78. The van der Waals surface area contributed by atoms with Gasteiger partial charge in [-0.1, -0.05) is 31.2 Å². The maximum Gasteiger partial charge on any atom is 0.174 e. The van der Waals surface area contributed by atoms with Crippen LogP contribution in [-0.4, -0.2) is 19.8 Å². The van der Waals surface area contributed by atoms with Crippen molar-refractivity contribution in [1.29, 1.82) is 0 Å². The Bertz CT molecular complexity index is 583. The fourth-order valence-electron chi connectivity index (χ4n) is 2.10. The van der Waals surface area contributed by atoms with Crippen LogP contribution in [0.15, 0.2) is 29.7 Å². The zero-order valence-electron chi connectivity index (χ0n) is 10.9. The van der Waals surface area contributed by atoms with Gasteiger partial charge >= 0.3 is 0 Å². The van der Waals surface area contributed by atoms with E-state index >= 15 is 0 Å². The van der Waals surface area contributed by atoms with E-state index in [1.54, 1.807) is 6.92 Å². The molecule has 0 saturated heterocycles. The van der Waals surface area contributed by atoms with Crippen molar-refractivity contribution in [3.63, 3.8) is 0 Å². The van der Waals surface area contributed by atoms with Crippen LogP contribution in [0.25, 0.3) is 5.76 Å². The molecule has 2 rings (SSSR count). The molecule has 0 amide bonds. The first kappa shape index (κ1) is 13.1. The third-order valence-corrected chi connectivity index (χ3v) is 4.35. The Hall–Kier alpha value is -1.29. The number of hydrogen-bond acceptors (Lipinski definition) is 3. The molecule has 0 radical (unpaired) electrons. The molecule has 4 heteroatoms. The summed E-state index contributed by atoms with van der Waals surface area (Å²) in [5, 5.41) is 1.26. The first-order chi connectivity index (χ1) is 8.33. The van der Waals surface area contributed by atoms with Crippen molar-refractivity contribution < 1.29 is 13.2 Å². The predicted molar refractivity (Wildman–Crippen MR) is 72.7 cm³/mol. The van der Waals surface area contributed by atoms with Gasteiger partial charge in [0.1, 0.15) is 11.4 Å². The van der Waals surface area contributed by atoms with E-state index in [-0.39, 0.29) is 11.4 Å². The van der Waals surface area contributed by atoms with Crippen LogP contribution in [0.2, 0.25) is 0 Å². The first-order valence-electron chi connectivity index (χ1n) is 6.05. The van der Waals surface area contributed by atoms with Crippen LogP contribution in [0.5, 0.6) is 0 Å². The van der Waals surface area contributed by atoms with Gasteiger partial charge in [0.15, 0.2) is 9.84 Å². The highest BCUT2D eigenvalue weighted by molar-refractivity contribution is 7.94. The normalized spacial score (nSPS) is 20.3. The number of hydrogen-bond donors (Lipinski definition) is 0. The molecule has 0 spiro atoms. The molecule has 1 aliphatic heterocycles. The fourth-order valence-corrected chi connectivity index (χ4v) is 2.76. The van der Waals surface area contributed by atoms with Gasteiger partial charge in [0.2, 0.25) is 0 Å². The van der Waals surface area contributed by atoms with Crippen LogP contribution >= 0.6 is 0 Å². The second kappa shape index (κ2) is 4.43. The van der Waals surface area contributed by atoms with E-state index in [1.165, 1.54) is 5.41 Å². The molecule has 0 bridgehead atoms. The van der Waals surface area contributed by atoms with Gasteiger partial charge in [0.05, 0.1) is 11.2 Å². The summed E-state index contributed by atoms with van der Waals surface area (Å²) in [5.74, 6) is 0.548. The molecule has 1 aromatic rings. The summed E-state index contributed by atoms with van der Waals surface area (Å²) in [5.41, 5.74) is 1.64. The van der Waals surface area contributed by atoms with Crippen molar-refractivity contribution in [3.05, 3.63) is 40.8 Å². The van der Waals surface area contributed by atoms with Gasteiger partial charge in [-0.05, 0) is 19.4 Å². The van der Waals surface area contributed by atoms with Crippen LogP contribution in [0.4, 0.5) is 0 Å². The Kier molecular flexibility index (Phi) is 3.23. The smallest absolute Gasteiger partial charge is 0.174 e. The molecule has 3 nitrogen and oxygen atoms in total. The van der Waals surface area contributed by atoms with Crippen molar-refractivity contribution in [3.8, 4) is 0 Å². The van der Waals surface area contributed by atoms with Gasteiger partial charge < -0.3 is 4.74 Å². The van der Waals surface area contributed by atoms with E-state index in [2.05, 4.69) is 0 Å². The Morgan fingerprint density at radius 1 is 1.33 bits per heavy atom. The Morgan fingerprint density at radius 2 is 2.00 bits per heavy atom. The molecular formula is C14H18O3S. The maximum atomic E-state index is 11.7. The van der Waals surface area contributed by atoms with Crippen LogP contribution in [0.1, 0.15) is 31.9 Å². The van der Waals surface area contributed by atoms with Crippen molar-refractivity contribution >= 4 is 15.6 Å². The molecule has 0 N–H and O–H groups in total. The predicted octanol–water partition coefficient (Wildman–Crippen LogP) is 2.77. The SMILES string of the molecule is CCS(=O)(=O)/C=C1\OC(C)(C)Cc2ccccc21. The summed E-state index contributed by atoms with van der Waals surface area (Å²) in [4.78, 5) is 0. The molecule has 0 saturated carbocycles. The molecule has 0 atom stereocenters. The van der Waals surface area contributed by atoms with E-state index in [4.69, 9.17) is 4.74 Å². The molecule has 98 valence electrons. The molecule has 0 unspecified atom stereocenters. The summed E-state index contributed by atoms with van der Waals surface area (Å²) >= 11 is 0. The minimum absolute atomic E-state index is 0.0858. The van der Waals surface area contributed by atoms with E-state index in [0.717, 1.165) is 17.5 Å². The molecule has 1 heterocycles. The summed E-state index contributed by atoms with van der Waals surface area (Å²) < 4.78 is 29.3. The van der Waals surface area contributed by atoms with Gasteiger partial charge in [-0.15, -0.1) is 0 Å². The summed E-state index contributed by atoms with van der Waals surface area (Å²) in [6.07, 6.45) is 0.784. The average Bonchev–Trinajstić information content (AvgIpc) is 2.27.